The van der Waals surface area contributed by atoms with E-state index < -0.39 is 17.4 Å². The van der Waals surface area contributed by atoms with Gasteiger partial charge in [-0.05, 0) is 19.3 Å². The maximum absolute atomic E-state index is 13.1. The molecule has 0 saturated carbocycles. The third-order valence-electron chi connectivity index (χ3n) is 2.61. The Morgan fingerprint density at radius 2 is 1.53 bits per heavy atom. The van der Waals surface area contributed by atoms with E-state index in [4.69, 9.17) is 5.11 Å². The summed E-state index contributed by atoms with van der Waals surface area (Å²) in [6.45, 7) is 0. The van der Waals surface area contributed by atoms with Crippen LogP contribution in [-0.2, 0) is 10.9 Å². The molecular weight excluding hydrogens is 218 g/mol. The lowest BCUT2D eigenvalue weighted by Gasteiger charge is -2.13. The topological polar surface area (TPSA) is 20.2 Å². The standard InChI is InChI=1S/C11H12F2OS/c12-9-6-8(7-10(13)11(9)14)15-4-2-1-3-5-15/h6-7H,1-5H2/p+1. The van der Waals surface area contributed by atoms with Crippen LogP contribution in [0.1, 0.15) is 19.3 Å². The van der Waals surface area contributed by atoms with Crippen LogP contribution in [0.2, 0.25) is 0 Å². The molecule has 1 nitrogen and oxygen atoms in total. The van der Waals surface area contributed by atoms with Gasteiger partial charge in [-0.3, -0.25) is 0 Å². The Balaban J connectivity index is 2.27. The number of phenolic OH excluding ortho intramolecular Hbond substituents is 1. The number of hydrogen-bond acceptors (Lipinski definition) is 1. The smallest absolute Gasteiger partial charge is 0.188 e. The molecule has 15 heavy (non-hydrogen) atoms. The highest BCUT2D eigenvalue weighted by Gasteiger charge is 2.27. The highest BCUT2D eigenvalue weighted by atomic mass is 32.2. The van der Waals surface area contributed by atoms with E-state index in [0.717, 1.165) is 24.3 Å². The second-order valence-electron chi connectivity index (χ2n) is 3.70. The van der Waals surface area contributed by atoms with Gasteiger partial charge < -0.3 is 5.11 Å². The fraction of sp³-hybridized carbons (Fsp3) is 0.455. The van der Waals surface area contributed by atoms with Crippen LogP contribution >= 0.6 is 0 Å². The quantitative estimate of drug-likeness (QED) is 0.737. The number of phenols is 1. The van der Waals surface area contributed by atoms with Crippen LogP contribution in [0.4, 0.5) is 8.78 Å². The van der Waals surface area contributed by atoms with E-state index in [1.54, 1.807) is 0 Å². The maximum Gasteiger partial charge on any atom is 0.188 e. The van der Waals surface area contributed by atoms with E-state index in [1.165, 1.54) is 18.6 Å². The molecule has 4 heteroatoms. The molecule has 1 aromatic carbocycles. The van der Waals surface area contributed by atoms with Gasteiger partial charge in [0.2, 0.25) is 0 Å². The Bertz CT molecular complexity index is 339. The summed E-state index contributed by atoms with van der Waals surface area (Å²) in [5.41, 5.74) is 0. The average Bonchev–Trinajstić information content (AvgIpc) is 2.26. The molecule has 0 radical (unpaired) electrons. The van der Waals surface area contributed by atoms with Gasteiger partial charge in [-0.1, -0.05) is 0 Å². The largest absolute Gasteiger partial charge is 0.503 e. The van der Waals surface area contributed by atoms with Crippen molar-refractivity contribution < 1.29 is 13.9 Å². The summed E-state index contributed by atoms with van der Waals surface area (Å²) >= 11 is 0. The van der Waals surface area contributed by atoms with E-state index in [9.17, 15) is 8.78 Å². The normalized spacial score (nSPS) is 18.0. The van der Waals surface area contributed by atoms with Crippen molar-refractivity contribution in [2.24, 2.45) is 0 Å². The molecule has 1 saturated heterocycles. The second kappa shape index (κ2) is 4.39. The van der Waals surface area contributed by atoms with Gasteiger partial charge in [0, 0.05) is 23.0 Å². The van der Waals surface area contributed by atoms with Crippen LogP contribution in [0, 0.1) is 11.6 Å². The number of rotatable bonds is 1. The lowest BCUT2D eigenvalue weighted by molar-refractivity contribution is 0.394. The van der Waals surface area contributed by atoms with Gasteiger partial charge in [-0.15, -0.1) is 0 Å². The summed E-state index contributed by atoms with van der Waals surface area (Å²) < 4.78 is 26.2. The minimum atomic E-state index is -0.862. The fourth-order valence-electron chi connectivity index (χ4n) is 1.78. The van der Waals surface area contributed by atoms with E-state index in [0.29, 0.717) is 4.90 Å². The van der Waals surface area contributed by atoms with E-state index in [-0.39, 0.29) is 10.9 Å². The predicted molar refractivity (Wildman–Crippen MR) is 57.2 cm³/mol. The minimum absolute atomic E-state index is 0.0280. The molecule has 0 bridgehead atoms. The van der Waals surface area contributed by atoms with Crippen molar-refractivity contribution in [3.05, 3.63) is 23.8 Å². The molecule has 0 aliphatic carbocycles. The van der Waals surface area contributed by atoms with E-state index in [1.807, 2.05) is 0 Å². The highest BCUT2D eigenvalue weighted by molar-refractivity contribution is 7.96. The van der Waals surface area contributed by atoms with Crippen LogP contribution in [0.15, 0.2) is 17.0 Å². The van der Waals surface area contributed by atoms with Crippen molar-refractivity contribution in [3.63, 3.8) is 0 Å². The summed E-state index contributed by atoms with van der Waals surface area (Å²) in [4.78, 5) is 0.711. The Hall–Kier alpha value is -0.770. The van der Waals surface area contributed by atoms with Gasteiger partial charge in [0.25, 0.3) is 0 Å². The van der Waals surface area contributed by atoms with Crippen LogP contribution in [-0.4, -0.2) is 16.6 Å². The number of aromatic hydroxyl groups is 1. The zero-order valence-corrected chi connectivity index (χ0v) is 9.12. The third-order valence-corrected chi connectivity index (χ3v) is 5.07. The molecule has 0 amide bonds. The van der Waals surface area contributed by atoms with E-state index >= 15 is 0 Å². The Morgan fingerprint density at radius 1 is 1.00 bits per heavy atom. The van der Waals surface area contributed by atoms with Crippen LogP contribution in [0.3, 0.4) is 0 Å². The van der Waals surface area contributed by atoms with Gasteiger partial charge >= 0.3 is 0 Å². The lowest BCUT2D eigenvalue weighted by Crippen LogP contribution is -2.18. The van der Waals surface area contributed by atoms with Crippen molar-refractivity contribution in [1.29, 1.82) is 0 Å². The highest BCUT2D eigenvalue weighted by Crippen LogP contribution is 2.28. The minimum Gasteiger partial charge on any atom is -0.503 e. The van der Waals surface area contributed by atoms with Crippen LogP contribution in [0.25, 0.3) is 0 Å². The molecule has 1 fully saturated rings. The van der Waals surface area contributed by atoms with Crippen molar-refractivity contribution in [3.8, 4) is 5.75 Å². The van der Waals surface area contributed by atoms with Gasteiger partial charge in [0.1, 0.15) is 11.5 Å². The molecule has 82 valence electrons. The molecule has 0 atom stereocenters. The first-order chi connectivity index (χ1) is 7.18. The van der Waals surface area contributed by atoms with Crippen LogP contribution in [0.5, 0.6) is 5.75 Å². The number of benzene rings is 1. The summed E-state index contributed by atoms with van der Waals surface area (Å²) in [5, 5.41) is 8.98. The summed E-state index contributed by atoms with van der Waals surface area (Å²) in [6.07, 6.45) is 3.48. The second-order valence-corrected chi connectivity index (χ2v) is 5.97. The number of hydrogen-bond donors (Lipinski definition) is 1. The molecule has 1 heterocycles. The molecule has 1 N–H and O–H groups in total. The predicted octanol–water partition coefficient (Wildman–Crippen LogP) is 2.83. The molecule has 0 unspecified atom stereocenters. The van der Waals surface area contributed by atoms with E-state index in [2.05, 4.69) is 0 Å². The average molecular weight is 231 g/mol. The first-order valence-corrected chi connectivity index (χ1v) is 6.60. The molecule has 1 aliphatic rings. The first kappa shape index (κ1) is 10.7. The Morgan fingerprint density at radius 3 is 2.07 bits per heavy atom. The molecular formula is C11H13F2OS+. The van der Waals surface area contributed by atoms with Gasteiger partial charge in [-0.25, -0.2) is 8.78 Å². The lowest BCUT2D eigenvalue weighted by atomic mass is 10.3. The number of halogens is 2. The maximum atomic E-state index is 13.1. The Labute approximate surface area is 90.5 Å². The zero-order chi connectivity index (χ0) is 10.8. The van der Waals surface area contributed by atoms with Crippen molar-refractivity contribution in [2.75, 3.05) is 11.5 Å². The monoisotopic (exact) mass is 231 g/mol. The van der Waals surface area contributed by atoms with Crippen molar-refractivity contribution >= 4 is 10.9 Å². The summed E-state index contributed by atoms with van der Waals surface area (Å²) in [7, 11) is -0.0280. The molecule has 0 aromatic heterocycles. The van der Waals surface area contributed by atoms with Crippen LogP contribution < -0.4 is 0 Å². The molecule has 1 aromatic rings. The van der Waals surface area contributed by atoms with Gasteiger partial charge in [-0.2, -0.15) is 0 Å². The van der Waals surface area contributed by atoms with Crippen molar-refractivity contribution in [1.82, 2.24) is 0 Å². The fourth-order valence-corrected chi connectivity index (χ4v) is 4.10. The third kappa shape index (κ3) is 2.25. The summed E-state index contributed by atoms with van der Waals surface area (Å²) in [6, 6.07) is 2.54. The molecule has 0 spiro atoms. The Kier molecular flexibility index (Phi) is 3.14. The SMILES string of the molecule is Oc1c(F)cc([S+]2CCCCC2)cc1F. The molecule has 1 aliphatic heterocycles. The molecule has 2 rings (SSSR count). The van der Waals surface area contributed by atoms with Gasteiger partial charge in [0.05, 0.1) is 0 Å². The summed E-state index contributed by atoms with van der Waals surface area (Å²) in [5.74, 6) is -0.515. The van der Waals surface area contributed by atoms with Gasteiger partial charge in [0.15, 0.2) is 22.3 Å². The van der Waals surface area contributed by atoms with Crippen molar-refractivity contribution in [2.45, 2.75) is 24.2 Å². The zero-order valence-electron chi connectivity index (χ0n) is 8.30. The first-order valence-electron chi connectivity index (χ1n) is 5.04.